The fourth-order valence-electron chi connectivity index (χ4n) is 1.23. The van der Waals surface area contributed by atoms with Gasteiger partial charge in [0.15, 0.2) is 5.82 Å². The van der Waals surface area contributed by atoms with Crippen LogP contribution in [0.3, 0.4) is 0 Å². The summed E-state index contributed by atoms with van der Waals surface area (Å²) in [5, 5.41) is 10.4. The molecule has 1 fully saturated rings. The maximum absolute atomic E-state index is 4.26. The van der Waals surface area contributed by atoms with Gasteiger partial charge >= 0.3 is 0 Å². The minimum Gasteiger partial charge on any atom is -0.305 e. The van der Waals surface area contributed by atoms with Crippen molar-refractivity contribution in [3.8, 4) is 0 Å². The van der Waals surface area contributed by atoms with E-state index in [1.165, 1.54) is 12.8 Å². The molecule has 66 valence electrons. The smallest absolute Gasteiger partial charge is 0.167 e. The molecule has 0 radical (unpaired) electrons. The molecular formula is C8H14N4. The van der Waals surface area contributed by atoms with Crippen molar-refractivity contribution in [2.75, 3.05) is 0 Å². The SMILES string of the molecule is Cc1nc(C(C)NC2CC2)n[nH]1. The van der Waals surface area contributed by atoms with E-state index in [1.54, 1.807) is 0 Å². The first-order valence-corrected chi connectivity index (χ1v) is 4.40. The number of nitrogens with one attached hydrogen (secondary N) is 2. The van der Waals surface area contributed by atoms with Gasteiger partial charge in [0.05, 0.1) is 6.04 Å². The van der Waals surface area contributed by atoms with Crippen molar-refractivity contribution in [3.63, 3.8) is 0 Å². The summed E-state index contributed by atoms with van der Waals surface area (Å²) < 4.78 is 0. The van der Waals surface area contributed by atoms with Crippen LogP contribution in [0.25, 0.3) is 0 Å². The lowest BCUT2D eigenvalue weighted by atomic mass is 10.3. The lowest BCUT2D eigenvalue weighted by Crippen LogP contribution is -2.21. The minimum absolute atomic E-state index is 0.280. The Balaban J connectivity index is 1.97. The standard InChI is InChI=1S/C8H14N4/c1-5(9-7-3-4-7)8-10-6(2)11-12-8/h5,7,9H,3-4H2,1-2H3,(H,10,11,12). The van der Waals surface area contributed by atoms with E-state index < -0.39 is 0 Å². The molecule has 1 aliphatic carbocycles. The topological polar surface area (TPSA) is 53.6 Å². The zero-order chi connectivity index (χ0) is 8.55. The molecule has 12 heavy (non-hydrogen) atoms. The summed E-state index contributed by atoms with van der Waals surface area (Å²) in [5.74, 6) is 1.76. The zero-order valence-electron chi connectivity index (χ0n) is 7.46. The van der Waals surface area contributed by atoms with Gasteiger partial charge < -0.3 is 5.32 Å². The van der Waals surface area contributed by atoms with E-state index >= 15 is 0 Å². The zero-order valence-corrected chi connectivity index (χ0v) is 7.46. The van der Waals surface area contributed by atoms with E-state index in [9.17, 15) is 0 Å². The van der Waals surface area contributed by atoms with Crippen LogP contribution < -0.4 is 5.32 Å². The highest BCUT2D eigenvalue weighted by atomic mass is 15.2. The monoisotopic (exact) mass is 166 g/mol. The van der Waals surface area contributed by atoms with Crippen LogP contribution in [-0.4, -0.2) is 21.2 Å². The number of aryl methyl sites for hydroxylation is 1. The van der Waals surface area contributed by atoms with Crippen molar-refractivity contribution < 1.29 is 0 Å². The number of aromatic nitrogens is 3. The molecule has 0 spiro atoms. The highest BCUT2D eigenvalue weighted by Crippen LogP contribution is 2.22. The van der Waals surface area contributed by atoms with Crippen LogP contribution in [0.1, 0.15) is 37.5 Å². The largest absolute Gasteiger partial charge is 0.305 e. The van der Waals surface area contributed by atoms with Gasteiger partial charge in [-0.1, -0.05) is 0 Å². The molecule has 0 aliphatic heterocycles. The molecule has 1 aromatic heterocycles. The van der Waals surface area contributed by atoms with Gasteiger partial charge in [-0.25, -0.2) is 4.98 Å². The molecule has 0 bridgehead atoms. The Kier molecular flexibility index (Phi) is 1.84. The van der Waals surface area contributed by atoms with Crippen molar-refractivity contribution >= 4 is 0 Å². The lowest BCUT2D eigenvalue weighted by Gasteiger charge is -2.07. The van der Waals surface area contributed by atoms with Crippen LogP contribution >= 0.6 is 0 Å². The van der Waals surface area contributed by atoms with Crippen molar-refractivity contribution in [1.29, 1.82) is 0 Å². The van der Waals surface area contributed by atoms with Crippen molar-refractivity contribution in [2.24, 2.45) is 0 Å². The van der Waals surface area contributed by atoms with Crippen molar-refractivity contribution in [1.82, 2.24) is 20.5 Å². The molecule has 1 saturated carbocycles. The number of hydrogen-bond donors (Lipinski definition) is 2. The molecule has 1 aliphatic rings. The number of H-pyrrole nitrogens is 1. The second-order valence-electron chi connectivity index (χ2n) is 3.44. The van der Waals surface area contributed by atoms with E-state index in [0.717, 1.165) is 11.6 Å². The molecular weight excluding hydrogens is 152 g/mol. The van der Waals surface area contributed by atoms with E-state index in [2.05, 4.69) is 27.4 Å². The summed E-state index contributed by atoms with van der Waals surface area (Å²) in [4.78, 5) is 4.26. The minimum atomic E-state index is 0.280. The van der Waals surface area contributed by atoms with Crippen molar-refractivity contribution in [3.05, 3.63) is 11.6 Å². The Bertz CT molecular complexity index is 264. The summed E-state index contributed by atoms with van der Waals surface area (Å²) in [6.45, 7) is 4.02. The van der Waals surface area contributed by atoms with Crippen LogP contribution in [-0.2, 0) is 0 Å². The van der Waals surface area contributed by atoms with Gasteiger partial charge in [-0.2, -0.15) is 5.10 Å². The predicted octanol–water partition coefficient (Wildman–Crippen LogP) is 0.926. The Hall–Kier alpha value is -0.900. The fourth-order valence-corrected chi connectivity index (χ4v) is 1.23. The summed E-state index contributed by atoms with van der Waals surface area (Å²) in [7, 11) is 0. The summed E-state index contributed by atoms with van der Waals surface area (Å²) in [6.07, 6.45) is 2.60. The first-order chi connectivity index (χ1) is 5.75. The normalized spacial score (nSPS) is 19.5. The number of aromatic amines is 1. The Morgan fingerprint density at radius 3 is 2.83 bits per heavy atom. The third kappa shape index (κ3) is 1.64. The first-order valence-electron chi connectivity index (χ1n) is 4.40. The number of nitrogens with zero attached hydrogens (tertiary/aromatic N) is 2. The van der Waals surface area contributed by atoms with Crippen LogP contribution in [0.5, 0.6) is 0 Å². The van der Waals surface area contributed by atoms with Gasteiger partial charge in [-0.15, -0.1) is 0 Å². The molecule has 1 aromatic rings. The first kappa shape index (κ1) is 7.73. The summed E-state index contributed by atoms with van der Waals surface area (Å²) >= 11 is 0. The highest BCUT2D eigenvalue weighted by Gasteiger charge is 2.24. The fraction of sp³-hybridized carbons (Fsp3) is 0.750. The van der Waals surface area contributed by atoms with E-state index in [4.69, 9.17) is 0 Å². The molecule has 4 nitrogen and oxygen atoms in total. The number of rotatable bonds is 3. The number of hydrogen-bond acceptors (Lipinski definition) is 3. The highest BCUT2D eigenvalue weighted by molar-refractivity contribution is 4.96. The van der Waals surface area contributed by atoms with Gasteiger partial charge in [0.1, 0.15) is 5.82 Å². The maximum Gasteiger partial charge on any atom is 0.167 e. The second-order valence-corrected chi connectivity index (χ2v) is 3.44. The maximum atomic E-state index is 4.26. The van der Waals surface area contributed by atoms with Gasteiger partial charge in [-0.3, -0.25) is 5.10 Å². The second kappa shape index (κ2) is 2.86. The molecule has 2 rings (SSSR count). The molecule has 1 atom stereocenters. The lowest BCUT2D eigenvalue weighted by molar-refractivity contribution is 0.545. The quantitative estimate of drug-likeness (QED) is 0.702. The Morgan fingerprint density at radius 2 is 2.33 bits per heavy atom. The van der Waals surface area contributed by atoms with E-state index in [0.29, 0.717) is 6.04 Å². The van der Waals surface area contributed by atoms with E-state index in [-0.39, 0.29) is 6.04 Å². The van der Waals surface area contributed by atoms with Gasteiger partial charge in [0.2, 0.25) is 0 Å². The van der Waals surface area contributed by atoms with Crippen molar-refractivity contribution in [2.45, 2.75) is 38.8 Å². The Morgan fingerprint density at radius 1 is 1.58 bits per heavy atom. The molecule has 0 saturated heterocycles. The predicted molar refractivity (Wildman–Crippen MR) is 45.7 cm³/mol. The summed E-state index contributed by atoms with van der Waals surface area (Å²) in [5.41, 5.74) is 0. The van der Waals surface area contributed by atoms with Crippen LogP contribution in [0.2, 0.25) is 0 Å². The summed E-state index contributed by atoms with van der Waals surface area (Å²) in [6, 6.07) is 0.987. The third-order valence-electron chi connectivity index (χ3n) is 2.06. The van der Waals surface area contributed by atoms with E-state index in [1.807, 2.05) is 6.92 Å². The van der Waals surface area contributed by atoms with Gasteiger partial charge in [0, 0.05) is 6.04 Å². The molecule has 0 amide bonds. The third-order valence-corrected chi connectivity index (χ3v) is 2.06. The molecule has 4 heteroatoms. The van der Waals surface area contributed by atoms with Crippen LogP contribution in [0, 0.1) is 6.92 Å². The van der Waals surface area contributed by atoms with Crippen LogP contribution in [0.4, 0.5) is 0 Å². The van der Waals surface area contributed by atoms with Crippen LogP contribution in [0.15, 0.2) is 0 Å². The van der Waals surface area contributed by atoms with Gasteiger partial charge in [-0.05, 0) is 26.7 Å². The Labute approximate surface area is 71.8 Å². The van der Waals surface area contributed by atoms with Gasteiger partial charge in [0.25, 0.3) is 0 Å². The molecule has 1 unspecified atom stereocenters. The molecule has 0 aromatic carbocycles. The molecule has 1 heterocycles. The average Bonchev–Trinajstić information content (AvgIpc) is 2.72. The average molecular weight is 166 g/mol. The molecule has 2 N–H and O–H groups in total.